The molecule has 0 atom stereocenters. The van der Waals surface area contributed by atoms with Crippen molar-refractivity contribution in [3.05, 3.63) is 53.9 Å². The van der Waals surface area contributed by atoms with Crippen molar-refractivity contribution < 1.29 is 24.5 Å². The van der Waals surface area contributed by atoms with Crippen LogP contribution in [-0.2, 0) is 11.2 Å². The SMILES string of the molecule is O=C(O)c1c(O)cccc1OC1CN(C(=O)Cc2ccccn2)C1. The quantitative estimate of drug-likeness (QED) is 0.858. The fourth-order valence-electron chi connectivity index (χ4n) is 2.50. The number of nitrogens with zero attached hydrogens (tertiary/aromatic N) is 2. The standard InChI is InChI=1S/C17H16N2O5/c20-13-5-3-6-14(16(13)17(22)23)24-12-9-19(10-12)15(21)8-11-4-1-2-7-18-11/h1-7,12,20H,8-10H2,(H,22,23). The number of hydrogen-bond acceptors (Lipinski definition) is 5. The molecule has 1 aromatic carbocycles. The fraction of sp³-hybridized carbons (Fsp3) is 0.235. The third kappa shape index (κ3) is 3.29. The molecule has 7 nitrogen and oxygen atoms in total. The van der Waals surface area contributed by atoms with Crippen LogP contribution in [0.1, 0.15) is 16.1 Å². The summed E-state index contributed by atoms with van der Waals surface area (Å²) in [5.74, 6) is -1.56. The second-order valence-electron chi connectivity index (χ2n) is 5.49. The zero-order valence-electron chi connectivity index (χ0n) is 12.8. The molecule has 24 heavy (non-hydrogen) atoms. The monoisotopic (exact) mass is 328 g/mol. The Hall–Kier alpha value is -3.09. The zero-order chi connectivity index (χ0) is 17.1. The van der Waals surface area contributed by atoms with Gasteiger partial charge in [-0.15, -0.1) is 0 Å². The van der Waals surface area contributed by atoms with Crippen LogP contribution in [0, 0.1) is 0 Å². The summed E-state index contributed by atoms with van der Waals surface area (Å²) in [6.07, 6.45) is 1.57. The molecule has 0 saturated carbocycles. The van der Waals surface area contributed by atoms with Crippen molar-refractivity contribution in [2.75, 3.05) is 13.1 Å². The molecule has 1 aliphatic rings. The van der Waals surface area contributed by atoms with Gasteiger partial charge in [0.2, 0.25) is 5.91 Å². The van der Waals surface area contributed by atoms with E-state index in [1.807, 2.05) is 6.07 Å². The Bertz CT molecular complexity index is 757. The lowest BCUT2D eigenvalue weighted by Crippen LogP contribution is -2.56. The average molecular weight is 328 g/mol. The smallest absolute Gasteiger partial charge is 0.343 e. The van der Waals surface area contributed by atoms with Crippen molar-refractivity contribution in [1.29, 1.82) is 0 Å². The molecule has 0 bridgehead atoms. The summed E-state index contributed by atoms with van der Waals surface area (Å²) in [4.78, 5) is 29.1. The Morgan fingerprint density at radius 1 is 1.21 bits per heavy atom. The number of amides is 1. The number of benzene rings is 1. The largest absolute Gasteiger partial charge is 0.507 e. The highest BCUT2D eigenvalue weighted by molar-refractivity contribution is 5.94. The van der Waals surface area contributed by atoms with Gasteiger partial charge in [-0.05, 0) is 24.3 Å². The number of carboxylic acids is 1. The van der Waals surface area contributed by atoms with Gasteiger partial charge in [0.25, 0.3) is 0 Å². The van der Waals surface area contributed by atoms with E-state index in [2.05, 4.69) is 4.98 Å². The molecule has 1 saturated heterocycles. The van der Waals surface area contributed by atoms with E-state index in [4.69, 9.17) is 9.84 Å². The topological polar surface area (TPSA) is 100.0 Å². The van der Waals surface area contributed by atoms with Crippen molar-refractivity contribution in [3.63, 3.8) is 0 Å². The van der Waals surface area contributed by atoms with E-state index < -0.39 is 5.97 Å². The summed E-state index contributed by atoms with van der Waals surface area (Å²) < 4.78 is 5.60. The highest BCUT2D eigenvalue weighted by atomic mass is 16.5. The minimum absolute atomic E-state index is 0.0529. The maximum atomic E-state index is 12.1. The highest BCUT2D eigenvalue weighted by Crippen LogP contribution is 2.29. The third-order valence-corrected chi connectivity index (χ3v) is 3.77. The molecule has 2 aromatic rings. The van der Waals surface area contributed by atoms with Crippen LogP contribution in [0.4, 0.5) is 0 Å². The lowest BCUT2D eigenvalue weighted by molar-refractivity contribution is -0.139. The van der Waals surface area contributed by atoms with Crippen LogP contribution in [-0.4, -0.2) is 51.2 Å². The van der Waals surface area contributed by atoms with Gasteiger partial charge in [0, 0.05) is 11.9 Å². The molecule has 1 amide bonds. The van der Waals surface area contributed by atoms with Crippen molar-refractivity contribution in [1.82, 2.24) is 9.88 Å². The third-order valence-electron chi connectivity index (χ3n) is 3.77. The zero-order valence-corrected chi connectivity index (χ0v) is 12.8. The van der Waals surface area contributed by atoms with E-state index in [1.165, 1.54) is 18.2 Å². The summed E-state index contributed by atoms with van der Waals surface area (Å²) >= 11 is 0. The minimum atomic E-state index is -1.26. The number of carbonyl (C=O) groups excluding carboxylic acids is 1. The van der Waals surface area contributed by atoms with Gasteiger partial charge in [0.1, 0.15) is 23.2 Å². The maximum Gasteiger partial charge on any atom is 0.343 e. The van der Waals surface area contributed by atoms with Gasteiger partial charge in [0.15, 0.2) is 0 Å². The summed E-state index contributed by atoms with van der Waals surface area (Å²) in [7, 11) is 0. The number of carbonyl (C=O) groups is 2. The first kappa shape index (κ1) is 15.8. The van der Waals surface area contributed by atoms with Gasteiger partial charge >= 0.3 is 5.97 Å². The van der Waals surface area contributed by atoms with Gasteiger partial charge in [-0.25, -0.2) is 4.79 Å². The molecular formula is C17H16N2O5. The summed E-state index contributed by atoms with van der Waals surface area (Å²) in [6, 6.07) is 9.70. The molecule has 2 heterocycles. The maximum absolute atomic E-state index is 12.1. The summed E-state index contributed by atoms with van der Waals surface area (Å²) in [5, 5.41) is 18.8. The Morgan fingerprint density at radius 2 is 2.00 bits per heavy atom. The number of rotatable bonds is 5. The molecule has 1 aliphatic heterocycles. The van der Waals surface area contributed by atoms with E-state index in [0.717, 1.165) is 0 Å². The van der Waals surface area contributed by atoms with Crippen LogP contribution < -0.4 is 4.74 Å². The number of ether oxygens (including phenoxy) is 1. The number of hydrogen-bond donors (Lipinski definition) is 2. The lowest BCUT2D eigenvalue weighted by Gasteiger charge is -2.39. The Kier molecular flexibility index (Phi) is 4.33. The van der Waals surface area contributed by atoms with Crippen LogP contribution >= 0.6 is 0 Å². The first-order valence-electron chi connectivity index (χ1n) is 7.44. The molecule has 7 heteroatoms. The molecule has 1 fully saturated rings. The number of carboxylic acid groups (broad SMARTS) is 1. The number of pyridine rings is 1. The van der Waals surface area contributed by atoms with Crippen LogP contribution in [0.15, 0.2) is 42.6 Å². The number of aromatic nitrogens is 1. The Morgan fingerprint density at radius 3 is 2.67 bits per heavy atom. The van der Waals surface area contributed by atoms with E-state index in [-0.39, 0.29) is 35.5 Å². The van der Waals surface area contributed by atoms with E-state index >= 15 is 0 Å². The second-order valence-corrected chi connectivity index (χ2v) is 5.49. The highest BCUT2D eigenvalue weighted by Gasteiger charge is 2.33. The first-order chi connectivity index (χ1) is 11.5. The van der Waals surface area contributed by atoms with Gasteiger partial charge in [-0.2, -0.15) is 0 Å². The fourth-order valence-corrected chi connectivity index (χ4v) is 2.50. The number of aromatic hydroxyl groups is 1. The van der Waals surface area contributed by atoms with Gasteiger partial charge < -0.3 is 19.8 Å². The molecule has 1 aromatic heterocycles. The van der Waals surface area contributed by atoms with Crippen molar-refractivity contribution >= 4 is 11.9 Å². The molecule has 3 rings (SSSR count). The summed E-state index contributed by atoms with van der Waals surface area (Å²) in [6.45, 7) is 0.751. The molecule has 0 radical (unpaired) electrons. The summed E-state index contributed by atoms with van der Waals surface area (Å²) in [5.41, 5.74) is 0.434. The lowest BCUT2D eigenvalue weighted by atomic mass is 10.1. The van der Waals surface area contributed by atoms with E-state index in [9.17, 15) is 14.7 Å². The van der Waals surface area contributed by atoms with Crippen LogP contribution in [0.25, 0.3) is 0 Å². The minimum Gasteiger partial charge on any atom is -0.507 e. The average Bonchev–Trinajstić information content (AvgIpc) is 2.51. The van der Waals surface area contributed by atoms with Crippen LogP contribution in [0.5, 0.6) is 11.5 Å². The molecule has 0 spiro atoms. The first-order valence-corrected chi connectivity index (χ1v) is 7.44. The van der Waals surface area contributed by atoms with E-state index in [1.54, 1.807) is 23.2 Å². The number of likely N-dealkylation sites (tertiary alicyclic amines) is 1. The second kappa shape index (κ2) is 6.57. The van der Waals surface area contributed by atoms with Crippen molar-refractivity contribution in [2.45, 2.75) is 12.5 Å². The number of phenols is 1. The van der Waals surface area contributed by atoms with Crippen LogP contribution in [0.2, 0.25) is 0 Å². The molecule has 0 unspecified atom stereocenters. The Balaban J connectivity index is 1.57. The predicted octanol–water partition coefficient (Wildman–Crippen LogP) is 1.32. The van der Waals surface area contributed by atoms with Gasteiger partial charge in [-0.1, -0.05) is 12.1 Å². The van der Waals surface area contributed by atoms with E-state index in [0.29, 0.717) is 18.8 Å². The Labute approximate surface area is 138 Å². The normalized spacial score (nSPS) is 14.1. The predicted molar refractivity (Wildman–Crippen MR) is 84.0 cm³/mol. The molecular weight excluding hydrogens is 312 g/mol. The molecule has 0 aliphatic carbocycles. The van der Waals surface area contributed by atoms with Crippen molar-refractivity contribution in [2.24, 2.45) is 0 Å². The molecule has 124 valence electrons. The number of aromatic carboxylic acids is 1. The van der Waals surface area contributed by atoms with Gasteiger partial charge in [-0.3, -0.25) is 9.78 Å². The van der Waals surface area contributed by atoms with Crippen LogP contribution in [0.3, 0.4) is 0 Å². The van der Waals surface area contributed by atoms with Crippen molar-refractivity contribution in [3.8, 4) is 11.5 Å². The molecule has 2 N–H and O–H groups in total. The van der Waals surface area contributed by atoms with Gasteiger partial charge in [0.05, 0.1) is 19.5 Å².